The maximum Gasteiger partial charge on any atom is 0.251 e. The molecular formula is C24H24ClFN4O2. The zero-order chi connectivity index (χ0) is 22.7. The molecule has 166 valence electrons. The van der Waals surface area contributed by atoms with Crippen LogP contribution in [0.3, 0.4) is 0 Å². The number of nitrogens with zero attached hydrogens (tertiary/aromatic N) is 4. The Kier molecular flexibility index (Phi) is 6.67. The Bertz CT molecular complexity index is 1100. The fourth-order valence-corrected chi connectivity index (χ4v) is 4.06. The number of benzene rings is 1. The standard InChI is InChI=1S/C24H24ClFN4O2/c1-2-22(31)24(32)30-11-9-29(10-12-30)23-13-19(18-7-8-27-15-21(18)25)20(14-28-23)16-3-5-17(26)6-4-16/h3-8,13-15,22,31H,2,9-12H2,1H3/t22-/m0/s1. The van der Waals surface area contributed by atoms with E-state index in [1.54, 1.807) is 42.5 Å². The van der Waals surface area contributed by atoms with E-state index < -0.39 is 6.10 Å². The molecule has 3 heterocycles. The topological polar surface area (TPSA) is 69.6 Å². The lowest BCUT2D eigenvalue weighted by molar-refractivity contribution is -0.140. The van der Waals surface area contributed by atoms with E-state index in [0.29, 0.717) is 37.6 Å². The zero-order valence-electron chi connectivity index (χ0n) is 17.7. The summed E-state index contributed by atoms with van der Waals surface area (Å²) in [6, 6.07) is 10.1. The predicted molar refractivity (Wildman–Crippen MR) is 123 cm³/mol. The van der Waals surface area contributed by atoms with E-state index in [4.69, 9.17) is 11.6 Å². The van der Waals surface area contributed by atoms with Crippen LogP contribution in [0.25, 0.3) is 22.3 Å². The number of anilines is 1. The summed E-state index contributed by atoms with van der Waals surface area (Å²) in [6.45, 7) is 4.03. The van der Waals surface area contributed by atoms with Gasteiger partial charge in [0.1, 0.15) is 17.7 Å². The van der Waals surface area contributed by atoms with E-state index in [2.05, 4.69) is 14.9 Å². The number of pyridine rings is 2. The molecule has 0 bridgehead atoms. The van der Waals surface area contributed by atoms with Crippen LogP contribution < -0.4 is 4.90 Å². The summed E-state index contributed by atoms with van der Waals surface area (Å²) in [4.78, 5) is 24.8. The SMILES string of the molecule is CC[C@H](O)C(=O)N1CCN(c2cc(-c3ccncc3Cl)c(-c3ccc(F)cc3)cn2)CC1. The summed E-state index contributed by atoms with van der Waals surface area (Å²) in [5.41, 5.74) is 3.34. The van der Waals surface area contributed by atoms with Crippen molar-refractivity contribution in [3.8, 4) is 22.3 Å². The largest absolute Gasteiger partial charge is 0.383 e. The first-order valence-electron chi connectivity index (χ1n) is 10.6. The van der Waals surface area contributed by atoms with Crippen LogP contribution >= 0.6 is 11.6 Å². The molecule has 32 heavy (non-hydrogen) atoms. The van der Waals surface area contributed by atoms with Gasteiger partial charge in [-0.05, 0) is 41.8 Å². The van der Waals surface area contributed by atoms with Crippen LogP contribution in [0.15, 0.2) is 55.0 Å². The number of piperazine rings is 1. The second-order valence-corrected chi connectivity index (χ2v) is 8.09. The summed E-state index contributed by atoms with van der Waals surface area (Å²) in [5, 5.41) is 10.4. The minimum Gasteiger partial charge on any atom is -0.383 e. The van der Waals surface area contributed by atoms with Gasteiger partial charge in [-0.25, -0.2) is 9.37 Å². The van der Waals surface area contributed by atoms with Crippen LogP contribution in [-0.2, 0) is 4.79 Å². The molecule has 0 saturated carbocycles. The molecule has 2 aromatic heterocycles. The normalized spacial score (nSPS) is 15.0. The lowest BCUT2D eigenvalue weighted by atomic mass is 9.96. The molecule has 1 aliphatic heterocycles. The molecule has 8 heteroatoms. The highest BCUT2D eigenvalue weighted by molar-refractivity contribution is 6.33. The molecule has 1 N–H and O–H groups in total. The van der Waals surface area contributed by atoms with E-state index in [0.717, 1.165) is 28.1 Å². The van der Waals surface area contributed by atoms with Crippen molar-refractivity contribution in [3.05, 3.63) is 65.8 Å². The molecule has 3 aromatic rings. The Morgan fingerprint density at radius 2 is 1.81 bits per heavy atom. The van der Waals surface area contributed by atoms with Gasteiger partial charge in [-0.1, -0.05) is 30.7 Å². The van der Waals surface area contributed by atoms with Crippen LogP contribution in [0, 0.1) is 5.82 Å². The molecule has 6 nitrogen and oxygen atoms in total. The van der Waals surface area contributed by atoms with Gasteiger partial charge in [0.25, 0.3) is 5.91 Å². The van der Waals surface area contributed by atoms with Gasteiger partial charge in [0.2, 0.25) is 0 Å². The van der Waals surface area contributed by atoms with Crippen LogP contribution in [-0.4, -0.2) is 58.2 Å². The van der Waals surface area contributed by atoms with Crippen molar-refractivity contribution in [2.24, 2.45) is 0 Å². The monoisotopic (exact) mass is 454 g/mol. The van der Waals surface area contributed by atoms with Gasteiger partial charge in [-0.2, -0.15) is 0 Å². The molecule has 1 atom stereocenters. The van der Waals surface area contributed by atoms with Crippen molar-refractivity contribution < 1.29 is 14.3 Å². The van der Waals surface area contributed by atoms with Crippen molar-refractivity contribution in [2.75, 3.05) is 31.1 Å². The van der Waals surface area contributed by atoms with Crippen molar-refractivity contribution in [1.82, 2.24) is 14.9 Å². The number of carbonyl (C=O) groups excluding carboxylic acids is 1. The molecule has 1 saturated heterocycles. The minimum atomic E-state index is -0.949. The summed E-state index contributed by atoms with van der Waals surface area (Å²) < 4.78 is 13.5. The van der Waals surface area contributed by atoms with Crippen LogP contribution in [0.5, 0.6) is 0 Å². The van der Waals surface area contributed by atoms with Gasteiger partial charge in [-0.15, -0.1) is 0 Å². The number of rotatable bonds is 5. The molecule has 0 aliphatic carbocycles. The first-order valence-corrected chi connectivity index (χ1v) is 10.9. The molecule has 0 unspecified atom stereocenters. The van der Waals surface area contributed by atoms with Gasteiger partial charge in [0.15, 0.2) is 0 Å². The lowest BCUT2D eigenvalue weighted by Crippen LogP contribution is -2.51. The minimum absolute atomic E-state index is 0.226. The number of halogens is 2. The summed E-state index contributed by atoms with van der Waals surface area (Å²) >= 11 is 6.45. The molecule has 1 aliphatic rings. The third-order valence-corrected chi connectivity index (χ3v) is 6.00. The van der Waals surface area contributed by atoms with Crippen molar-refractivity contribution in [2.45, 2.75) is 19.4 Å². The highest BCUT2D eigenvalue weighted by atomic mass is 35.5. The number of carbonyl (C=O) groups is 1. The number of amides is 1. The van der Waals surface area contributed by atoms with Crippen molar-refractivity contribution in [3.63, 3.8) is 0 Å². The quantitative estimate of drug-likeness (QED) is 0.630. The Morgan fingerprint density at radius 3 is 2.47 bits per heavy atom. The summed E-state index contributed by atoms with van der Waals surface area (Å²) in [6.07, 6.45) is 4.50. The van der Waals surface area contributed by atoms with E-state index in [1.807, 2.05) is 12.1 Å². The summed E-state index contributed by atoms with van der Waals surface area (Å²) in [7, 11) is 0. The number of aliphatic hydroxyl groups is 1. The van der Waals surface area contributed by atoms with Gasteiger partial charge < -0.3 is 14.9 Å². The fraction of sp³-hybridized carbons (Fsp3) is 0.292. The third-order valence-electron chi connectivity index (χ3n) is 5.69. The molecule has 1 amide bonds. The van der Waals surface area contributed by atoms with E-state index in [-0.39, 0.29) is 11.7 Å². The van der Waals surface area contributed by atoms with Crippen LogP contribution in [0.2, 0.25) is 5.02 Å². The van der Waals surface area contributed by atoms with Gasteiger partial charge >= 0.3 is 0 Å². The Balaban J connectivity index is 1.65. The fourth-order valence-electron chi connectivity index (χ4n) is 3.83. The smallest absolute Gasteiger partial charge is 0.251 e. The van der Waals surface area contributed by atoms with E-state index in [9.17, 15) is 14.3 Å². The lowest BCUT2D eigenvalue weighted by Gasteiger charge is -2.36. The van der Waals surface area contributed by atoms with Gasteiger partial charge in [0.05, 0.1) is 5.02 Å². The average molecular weight is 455 g/mol. The maximum absolute atomic E-state index is 13.5. The third kappa shape index (κ3) is 4.59. The van der Waals surface area contributed by atoms with E-state index in [1.165, 1.54) is 12.1 Å². The first kappa shape index (κ1) is 22.2. The predicted octanol–water partition coefficient (Wildman–Crippen LogP) is 4.02. The Hall–Kier alpha value is -3.03. The van der Waals surface area contributed by atoms with Crippen molar-refractivity contribution in [1.29, 1.82) is 0 Å². The molecule has 1 fully saturated rings. The Morgan fingerprint density at radius 1 is 1.09 bits per heavy atom. The van der Waals surface area contributed by atoms with Gasteiger partial charge in [-0.3, -0.25) is 9.78 Å². The van der Waals surface area contributed by atoms with Crippen LogP contribution in [0.4, 0.5) is 10.2 Å². The highest BCUT2D eigenvalue weighted by Gasteiger charge is 2.26. The molecule has 1 aromatic carbocycles. The average Bonchev–Trinajstić information content (AvgIpc) is 2.84. The van der Waals surface area contributed by atoms with Crippen molar-refractivity contribution >= 4 is 23.3 Å². The zero-order valence-corrected chi connectivity index (χ0v) is 18.5. The maximum atomic E-state index is 13.5. The van der Waals surface area contributed by atoms with Gasteiger partial charge in [0, 0.05) is 55.9 Å². The molecule has 4 rings (SSSR count). The summed E-state index contributed by atoms with van der Waals surface area (Å²) in [5.74, 6) is 0.236. The molecule has 0 spiro atoms. The number of hydrogen-bond acceptors (Lipinski definition) is 5. The van der Waals surface area contributed by atoms with Crippen LogP contribution in [0.1, 0.15) is 13.3 Å². The number of hydrogen-bond donors (Lipinski definition) is 1. The molecule has 0 radical (unpaired) electrons. The molecular weight excluding hydrogens is 431 g/mol. The second kappa shape index (κ2) is 9.63. The Labute approximate surface area is 191 Å². The number of aliphatic hydroxyl groups excluding tert-OH is 1. The second-order valence-electron chi connectivity index (χ2n) is 7.69. The first-order chi connectivity index (χ1) is 15.5. The number of aromatic nitrogens is 2. The highest BCUT2D eigenvalue weighted by Crippen LogP contribution is 2.37. The van der Waals surface area contributed by atoms with E-state index >= 15 is 0 Å².